The Bertz CT molecular complexity index is 432. The molecule has 0 saturated carbocycles. The van der Waals surface area contributed by atoms with Crippen molar-refractivity contribution in [2.24, 2.45) is 5.73 Å². The Morgan fingerprint density at radius 1 is 1.20 bits per heavy atom. The van der Waals surface area contributed by atoms with Crippen LogP contribution >= 0.6 is 0 Å². The summed E-state index contributed by atoms with van der Waals surface area (Å²) in [5.74, 6) is -0.693. The topological polar surface area (TPSA) is 93.4 Å². The van der Waals surface area contributed by atoms with E-state index < -0.39 is 5.91 Å². The molecule has 0 radical (unpaired) electrons. The normalized spacial score (nSPS) is 10.1. The Labute approximate surface area is 118 Å². The number of rotatable bonds is 9. The number of amides is 2. The van der Waals surface area contributed by atoms with Gasteiger partial charge >= 0.3 is 0 Å². The third kappa shape index (κ3) is 6.19. The number of primary amides is 1. The van der Waals surface area contributed by atoms with Crippen LogP contribution in [0.15, 0.2) is 24.3 Å². The van der Waals surface area contributed by atoms with Crippen LogP contribution in [0, 0.1) is 0 Å². The highest BCUT2D eigenvalue weighted by molar-refractivity contribution is 5.94. The number of anilines is 1. The molecular weight excluding hydrogens is 258 g/mol. The monoisotopic (exact) mass is 279 g/mol. The van der Waals surface area contributed by atoms with E-state index in [4.69, 9.17) is 10.5 Å². The molecule has 0 spiro atoms. The molecule has 0 saturated heterocycles. The molecule has 0 atom stereocenters. The second kappa shape index (κ2) is 8.92. The van der Waals surface area contributed by atoms with Crippen molar-refractivity contribution in [3.63, 3.8) is 0 Å². The first kappa shape index (κ1) is 16.0. The van der Waals surface area contributed by atoms with Crippen molar-refractivity contribution in [1.82, 2.24) is 5.32 Å². The maximum atomic E-state index is 11.8. The predicted molar refractivity (Wildman–Crippen MR) is 77.6 cm³/mol. The van der Waals surface area contributed by atoms with Gasteiger partial charge in [0.1, 0.15) is 6.61 Å². The summed E-state index contributed by atoms with van der Waals surface area (Å²) in [6, 6.07) is 7.26. The molecular formula is C14H21N3O3. The number of benzene rings is 1. The van der Waals surface area contributed by atoms with Gasteiger partial charge in [0.05, 0.1) is 6.61 Å². The number of hydrogen-bond acceptors (Lipinski definition) is 4. The molecule has 0 heterocycles. The van der Waals surface area contributed by atoms with Crippen molar-refractivity contribution >= 4 is 17.5 Å². The van der Waals surface area contributed by atoms with E-state index in [-0.39, 0.29) is 19.1 Å². The van der Waals surface area contributed by atoms with Crippen LogP contribution in [0.1, 0.15) is 23.7 Å². The second-order valence-corrected chi connectivity index (χ2v) is 4.28. The molecule has 1 aromatic rings. The molecule has 0 aliphatic heterocycles. The number of nitrogens with one attached hydrogen (secondary N) is 2. The average Bonchev–Trinajstić information content (AvgIpc) is 2.44. The van der Waals surface area contributed by atoms with Gasteiger partial charge in [0, 0.05) is 24.3 Å². The minimum absolute atomic E-state index is 0.131. The van der Waals surface area contributed by atoms with Gasteiger partial charge in [0.25, 0.3) is 5.91 Å². The summed E-state index contributed by atoms with van der Waals surface area (Å²) in [6.07, 6.45) is 1.05. The number of carbonyl (C=O) groups excluding carboxylic acids is 2. The number of carbonyl (C=O) groups is 2. The van der Waals surface area contributed by atoms with Gasteiger partial charge in [0.15, 0.2) is 0 Å². The van der Waals surface area contributed by atoms with Gasteiger partial charge in [-0.2, -0.15) is 0 Å². The van der Waals surface area contributed by atoms with Gasteiger partial charge in [-0.1, -0.05) is 6.92 Å². The lowest BCUT2D eigenvalue weighted by atomic mass is 10.2. The van der Waals surface area contributed by atoms with Gasteiger partial charge < -0.3 is 21.1 Å². The zero-order chi connectivity index (χ0) is 14.8. The Balaban J connectivity index is 2.30. The molecule has 2 amide bonds. The highest BCUT2D eigenvalue weighted by atomic mass is 16.5. The molecule has 110 valence electrons. The number of nitrogens with two attached hydrogens (primary N) is 1. The molecule has 6 nitrogen and oxygen atoms in total. The fraction of sp³-hybridized carbons (Fsp3) is 0.429. The van der Waals surface area contributed by atoms with Crippen molar-refractivity contribution in [2.45, 2.75) is 13.3 Å². The quantitative estimate of drug-likeness (QED) is 0.581. The first-order valence-corrected chi connectivity index (χ1v) is 6.61. The molecule has 1 rings (SSSR count). The van der Waals surface area contributed by atoms with Crippen LogP contribution in [0.4, 0.5) is 5.69 Å². The molecule has 0 aliphatic rings. The van der Waals surface area contributed by atoms with Crippen molar-refractivity contribution < 1.29 is 14.3 Å². The van der Waals surface area contributed by atoms with E-state index in [9.17, 15) is 9.59 Å². The maximum absolute atomic E-state index is 11.8. The lowest BCUT2D eigenvalue weighted by Gasteiger charge is -2.07. The Kier molecular flexibility index (Phi) is 7.13. The third-order valence-electron chi connectivity index (χ3n) is 2.50. The Hall–Kier alpha value is -2.08. The number of hydrogen-bond donors (Lipinski definition) is 3. The zero-order valence-corrected chi connectivity index (χ0v) is 11.6. The van der Waals surface area contributed by atoms with Crippen molar-refractivity contribution in [3.8, 4) is 0 Å². The van der Waals surface area contributed by atoms with E-state index in [2.05, 4.69) is 17.6 Å². The van der Waals surface area contributed by atoms with E-state index in [1.165, 1.54) is 0 Å². The third-order valence-corrected chi connectivity index (χ3v) is 2.50. The van der Waals surface area contributed by atoms with Crippen molar-refractivity contribution in [3.05, 3.63) is 29.8 Å². The van der Waals surface area contributed by atoms with Crippen LogP contribution in [-0.2, 0) is 9.53 Å². The first-order valence-electron chi connectivity index (χ1n) is 6.61. The molecule has 6 heteroatoms. The number of ether oxygens (including phenoxy) is 1. The molecule has 0 bridgehead atoms. The molecule has 4 N–H and O–H groups in total. The summed E-state index contributed by atoms with van der Waals surface area (Å²) < 4.78 is 4.95. The summed E-state index contributed by atoms with van der Waals surface area (Å²) in [5, 5.41) is 5.93. The van der Waals surface area contributed by atoms with Gasteiger partial charge in [-0.05, 0) is 30.7 Å². The fourth-order valence-electron chi connectivity index (χ4n) is 1.52. The molecule has 0 unspecified atom stereocenters. The fourth-order valence-corrected chi connectivity index (χ4v) is 1.52. The van der Waals surface area contributed by atoms with Crippen molar-refractivity contribution in [2.75, 3.05) is 31.6 Å². The smallest absolute Gasteiger partial charge is 0.251 e. The lowest BCUT2D eigenvalue weighted by Crippen LogP contribution is -2.28. The minimum atomic E-state index is -0.522. The summed E-state index contributed by atoms with van der Waals surface area (Å²) >= 11 is 0. The van der Waals surface area contributed by atoms with Crippen LogP contribution < -0.4 is 16.4 Å². The largest absolute Gasteiger partial charge is 0.385 e. The van der Waals surface area contributed by atoms with E-state index in [1.54, 1.807) is 12.1 Å². The van der Waals surface area contributed by atoms with E-state index >= 15 is 0 Å². The first-order chi connectivity index (χ1) is 9.63. The summed E-state index contributed by atoms with van der Waals surface area (Å²) in [4.78, 5) is 22.2. The maximum Gasteiger partial charge on any atom is 0.251 e. The van der Waals surface area contributed by atoms with Crippen LogP contribution in [0.25, 0.3) is 0 Å². The zero-order valence-electron chi connectivity index (χ0n) is 11.6. The van der Waals surface area contributed by atoms with E-state index in [0.717, 1.165) is 18.7 Å². The molecule has 1 aromatic carbocycles. The molecule has 0 fully saturated rings. The van der Waals surface area contributed by atoms with Crippen LogP contribution in [0.5, 0.6) is 0 Å². The van der Waals surface area contributed by atoms with E-state index in [1.807, 2.05) is 12.1 Å². The van der Waals surface area contributed by atoms with Crippen LogP contribution in [0.3, 0.4) is 0 Å². The molecule has 0 aromatic heterocycles. The summed E-state index contributed by atoms with van der Waals surface area (Å²) in [5.41, 5.74) is 6.50. The highest BCUT2D eigenvalue weighted by Gasteiger charge is 2.04. The van der Waals surface area contributed by atoms with Gasteiger partial charge in [0.2, 0.25) is 5.91 Å². The van der Waals surface area contributed by atoms with Crippen molar-refractivity contribution in [1.29, 1.82) is 0 Å². The van der Waals surface area contributed by atoms with Gasteiger partial charge in [-0.25, -0.2) is 0 Å². The van der Waals surface area contributed by atoms with E-state index in [0.29, 0.717) is 12.1 Å². The Morgan fingerprint density at radius 2 is 1.90 bits per heavy atom. The second-order valence-electron chi connectivity index (χ2n) is 4.28. The van der Waals surface area contributed by atoms with Gasteiger partial charge in [-0.3, -0.25) is 9.59 Å². The average molecular weight is 279 g/mol. The highest BCUT2D eigenvalue weighted by Crippen LogP contribution is 2.09. The summed E-state index contributed by atoms with van der Waals surface area (Å²) in [6.45, 7) is 3.46. The Morgan fingerprint density at radius 3 is 2.50 bits per heavy atom. The van der Waals surface area contributed by atoms with Gasteiger partial charge in [-0.15, -0.1) is 0 Å². The molecule has 0 aliphatic carbocycles. The van der Waals surface area contributed by atoms with Crippen LogP contribution in [-0.4, -0.2) is 38.1 Å². The SMILES string of the molecule is CCCNc1ccc(C(=O)NCCOCC(N)=O)cc1. The minimum Gasteiger partial charge on any atom is -0.385 e. The van der Waals surface area contributed by atoms with Crippen LogP contribution in [0.2, 0.25) is 0 Å². The predicted octanol–water partition coefficient (Wildman–Crippen LogP) is 0.740. The standard InChI is InChI=1S/C14H21N3O3/c1-2-7-16-12-5-3-11(4-6-12)14(19)17-8-9-20-10-13(15)18/h3-6,16H,2,7-10H2,1H3,(H2,15,18)(H,17,19). The lowest BCUT2D eigenvalue weighted by molar-refractivity contribution is -0.122. The summed E-state index contributed by atoms with van der Waals surface area (Å²) in [7, 11) is 0. The molecule has 20 heavy (non-hydrogen) atoms.